The van der Waals surface area contributed by atoms with E-state index >= 15 is 0 Å². The lowest BCUT2D eigenvalue weighted by atomic mass is 9.95. The molecule has 0 aromatic carbocycles. The van der Waals surface area contributed by atoms with E-state index in [-0.39, 0.29) is 12.1 Å². The molecule has 3 aliphatic rings. The third-order valence-corrected chi connectivity index (χ3v) is 7.36. The molecular formula is C17H32N4O3S. The molecule has 2 saturated heterocycles. The maximum Gasteiger partial charge on any atom is 0.317 e. The molecule has 3 fully saturated rings. The molecule has 0 radical (unpaired) electrons. The maximum atomic E-state index is 12.5. The zero-order chi connectivity index (χ0) is 17.7. The number of nitrogens with zero attached hydrogens (tertiary/aromatic N) is 2. The first-order valence-corrected chi connectivity index (χ1v) is 11.3. The van der Waals surface area contributed by atoms with Crippen molar-refractivity contribution < 1.29 is 13.2 Å². The van der Waals surface area contributed by atoms with Gasteiger partial charge >= 0.3 is 6.03 Å². The van der Waals surface area contributed by atoms with Crippen LogP contribution in [0.4, 0.5) is 4.79 Å². The standard InChI is InChI=1S/C17H32N4O3S/c22-17(18-15-7-3-1-4-8-15)20-13-9-16(10-14-20)19-25(23,24)21-11-5-2-6-12-21/h15-16,19H,1-14H2,(H,18,22). The molecule has 0 atom stereocenters. The molecule has 0 aromatic rings. The van der Waals surface area contributed by atoms with Gasteiger partial charge < -0.3 is 10.2 Å². The summed E-state index contributed by atoms with van der Waals surface area (Å²) in [5.41, 5.74) is 0. The molecule has 0 unspecified atom stereocenters. The number of carbonyl (C=O) groups excluding carboxylic acids is 1. The Hall–Kier alpha value is -0.860. The summed E-state index contributed by atoms with van der Waals surface area (Å²) in [6.07, 6.45) is 10.2. The average molecular weight is 373 g/mol. The van der Waals surface area contributed by atoms with Gasteiger partial charge in [0.15, 0.2) is 0 Å². The lowest BCUT2D eigenvalue weighted by Gasteiger charge is -2.35. The SMILES string of the molecule is O=C(NC1CCCCC1)N1CCC(NS(=O)(=O)N2CCCCC2)CC1. The average Bonchev–Trinajstić information content (AvgIpc) is 2.63. The Bertz CT molecular complexity index is 534. The van der Waals surface area contributed by atoms with Crippen LogP contribution in [0.1, 0.15) is 64.2 Å². The molecule has 25 heavy (non-hydrogen) atoms. The van der Waals surface area contributed by atoms with Gasteiger partial charge in [0.25, 0.3) is 10.2 Å². The van der Waals surface area contributed by atoms with E-state index in [9.17, 15) is 13.2 Å². The first-order valence-electron chi connectivity index (χ1n) is 9.87. The number of hydrogen-bond acceptors (Lipinski definition) is 3. The van der Waals surface area contributed by atoms with Gasteiger partial charge in [-0.25, -0.2) is 4.79 Å². The van der Waals surface area contributed by atoms with Crippen molar-refractivity contribution in [3.05, 3.63) is 0 Å². The zero-order valence-electron chi connectivity index (χ0n) is 15.1. The Morgan fingerprint density at radius 1 is 0.760 bits per heavy atom. The minimum Gasteiger partial charge on any atom is -0.335 e. The van der Waals surface area contributed by atoms with E-state index in [1.165, 1.54) is 19.3 Å². The second-order valence-electron chi connectivity index (χ2n) is 7.63. The van der Waals surface area contributed by atoms with Crippen molar-refractivity contribution in [1.82, 2.24) is 19.2 Å². The molecule has 2 amide bonds. The molecule has 8 heteroatoms. The third-order valence-electron chi connectivity index (χ3n) is 5.69. The Kier molecular flexibility index (Phi) is 6.57. The summed E-state index contributed by atoms with van der Waals surface area (Å²) in [5, 5.41) is 3.14. The molecule has 1 aliphatic carbocycles. The second kappa shape index (κ2) is 8.68. The van der Waals surface area contributed by atoms with Gasteiger partial charge in [-0.15, -0.1) is 0 Å². The van der Waals surface area contributed by atoms with E-state index < -0.39 is 10.2 Å². The van der Waals surface area contributed by atoms with Crippen LogP contribution in [0.5, 0.6) is 0 Å². The van der Waals surface area contributed by atoms with Crippen molar-refractivity contribution in [3.63, 3.8) is 0 Å². The predicted octanol–water partition coefficient (Wildman–Crippen LogP) is 1.81. The van der Waals surface area contributed by atoms with E-state index in [2.05, 4.69) is 10.0 Å². The van der Waals surface area contributed by atoms with Crippen LogP contribution < -0.4 is 10.0 Å². The molecule has 2 aliphatic heterocycles. The molecule has 3 rings (SSSR count). The van der Waals surface area contributed by atoms with Crippen molar-refractivity contribution in [2.24, 2.45) is 0 Å². The Morgan fingerprint density at radius 3 is 2.00 bits per heavy atom. The molecule has 0 spiro atoms. The first-order chi connectivity index (χ1) is 12.0. The summed E-state index contributed by atoms with van der Waals surface area (Å²) >= 11 is 0. The predicted molar refractivity (Wildman–Crippen MR) is 97.5 cm³/mol. The number of carbonyl (C=O) groups is 1. The van der Waals surface area contributed by atoms with Crippen LogP contribution in [0.15, 0.2) is 0 Å². The Morgan fingerprint density at radius 2 is 1.36 bits per heavy atom. The minimum atomic E-state index is -3.38. The van der Waals surface area contributed by atoms with Gasteiger partial charge in [0.2, 0.25) is 0 Å². The van der Waals surface area contributed by atoms with Gasteiger partial charge in [-0.2, -0.15) is 17.4 Å². The van der Waals surface area contributed by atoms with Gasteiger partial charge in [-0.05, 0) is 38.5 Å². The number of amides is 2. The number of rotatable bonds is 4. The topological polar surface area (TPSA) is 81.8 Å². The molecule has 2 heterocycles. The fourth-order valence-corrected chi connectivity index (χ4v) is 5.65. The van der Waals surface area contributed by atoms with E-state index in [0.717, 1.165) is 32.1 Å². The Balaban J connectivity index is 1.42. The minimum absolute atomic E-state index is 0.0178. The monoisotopic (exact) mass is 372 g/mol. The summed E-state index contributed by atoms with van der Waals surface area (Å²) in [4.78, 5) is 14.2. The van der Waals surface area contributed by atoms with Crippen molar-refractivity contribution in [1.29, 1.82) is 0 Å². The largest absolute Gasteiger partial charge is 0.335 e. The van der Waals surface area contributed by atoms with Crippen LogP contribution in [0.25, 0.3) is 0 Å². The van der Waals surface area contributed by atoms with Crippen LogP contribution in [0.3, 0.4) is 0 Å². The number of nitrogens with one attached hydrogen (secondary N) is 2. The second-order valence-corrected chi connectivity index (χ2v) is 9.33. The van der Waals surface area contributed by atoms with Gasteiger partial charge in [-0.3, -0.25) is 0 Å². The van der Waals surface area contributed by atoms with E-state index in [0.29, 0.717) is 45.1 Å². The third kappa shape index (κ3) is 5.31. The van der Waals surface area contributed by atoms with Gasteiger partial charge in [0.1, 0.15) is 0 Å². The van der Waals surface area contributed by atoms with E-state index in [1.807, 2.05) is 4.90 Å². The summed E-state index contributed by atoms with van der Waals surface area (Å²) in [6, 6.07) is 0.270. The fraction of sp³-hybridized carbons (Fsp3) is 0.941. The fourth-order valence-electron chi connectivity index (χ4n) is 4.10. The number of urea groups is 1. The molecule has 144 valence electrons. The molecular weight excluding hydrogens is 340 g/mol. The van der Waals surface area contributed by atoms with Crippen molar-refractivity contribution in [3.8, 4) is 0 Å². The lowest BCUT2D eigenvalue weighted by Crippen LogP contribution is -2.53. The van der Waals surface area contributed by atoms with Crippen LogP contribution in [0, 0.1) is 0 Å². The van der Waals surface area contributed by atoms with Crippen molar-refractivity contribution >= 4 is 16.2 Å². The van der Waals surface area contributed by atoms with E-state index in [1.54, 1.807) is 4.31 Å². The smallest absolute Gasteiger partial charge is 0.317 e. The first kappa shape index (κ1) is 18.9. The van der Waals surface area contributed by atoms with E-state index in [4.69, 9.17) is 0 Å². The number of hydrogen-bond donors (Lipinski definition) is 2. The van der Waals surface area contributed by atoms with Crippen molar-refractivity contribution in [2.75, 3.05) is 26.2 Å². The van der Waals surface area contributed by atoms with Crippen LogP contribution in [0.2, 0.25) is 0 Å². The molecule has 7 nitrogen and oxygen atoms in total. The number of piperidine rings is 2. The highest BCUT2D eigenvalue weighted by molar-refractivity contribution is 7.87. The molecule has 1 saturated carbocycles. The zero-order valence-corrected chi connectivity index (χ0v) is 15.9. The van der Waals surface area contributed by atoms with Crippen molar-refractivity contribution in [2.45, 2.75) is 76.3 Å². The van der Waals surface area contributed by atoms with Gasteiger partial charge in [0.05, 0.1) is 0 Å². The number of likely N-dealkylation sites (tertiary alicyclic amines) is 1. The van der Waals surface area contributed by atoms with Gasteiger partial charge in [-0.1, -0.05) is 25.7 Å². The highest BCUT2D eigenvalue weighted by Crippen LogP contribution is 2.19. The van der Waals surface area contributed by atoms with Gasteiger partial charge in [0, 0.05) is 38.3 Å². The molecule has 2 N–H and O–H groups in total. The summed E-state index contributed by atoms with van der Waals surface area (Å²) < 4.78 is 29.3. The van der Waals surface area contributed by atoms with Crippen LogP contribution >= 0.6 is 0 Å². The summed E-state index contributed by atoms with van der Waals surface area (Å²) in [5.74, 6) is 0. The van der Waals surface area contributed by atoms with Crippen LogP contribution in [-0.4, -0.2) is 61.9 Å². The normalized spacial score (nSPS) is 25.0. The highest BCUT2D eigenvalue weighted by atomic mass is 32.2. The summed E-state index contributed by atoms with van der Waals surface area (Å²) in [6.45, 7) is 2.48. The lowest BCUT2D eigenvalue weighted by molar-refractivity contribution is 0.173. The Labute approximate surface area is 151 Å². The summed E-state index contributed by atoms with van der Waals surface area (Å²) in [7, 11) is -3.38. The van der Waals surface area contributed by atoms with Crippen LogP contribution in [-0.2, 0) is 10.2 Å². The molecule has 0 aromatic heterocycles. The maximum absolute atomic E-state index is 12.5. The highest BCUT2D eigenvalue weighted by Gasteiger charge is 2.30. The molecule has 0 bridgehead atoms. The quantitative estimate of drug-likeness (QED) is 0.790.